The molecule has 3 heterocycles. The van der Waals surface area contributed by atoms with E-state index in [4.69, 9.17) is 9.84 Å². The molecule has 1 saturated heterocycles. The summed E-state index contributed by atoms with van der Waals surface area (Å²) in [7, 11) is 3.41. The summed E-state index contributed by atoms with van der Waals surface area (Å²) in [4.78, 5) is 15.7. The van der Waals surface area contributed by atoms with Crippen LogP contribution in [0.2, 0.25) is 0 Å². The van der Waals surface area contributed by atoms with Crippen LogP contribution in [0.1, 0.15) is 28.8 Å². The molecule has 1 aliphatic heterocycles. The third-order valence-electron chi connectivity index (χ3n) is 7.36. The Hall–Kier alpha value is -3.93. The van der Waals surface area contributed by atoms with Crippen molar-refractivity contribution in [1.29, 1.82) is 0 Å². The van der Waals surface area contributed by atoms with Crippen molar-refractivity contribution in [2.45, 2.75) is 25.0 Å². The molecule has 4 aromatic rings. The van der Waals surface area contributed by atoms with Gasteiger partial charge < -0.3 is 15.2 Å². The summed E-state index contributed by atoms with van der Waals surface area (Å²) in [6.07, 6.45) is 1.96. The molecule has 1 unspecified atom stereocenters. The summed E-state index contributed by atoms with van der Waals surface area (Å²) in [6.45, 7) is 3.89. The second-order valence-electron chi connectivity index (χ2n) is 10.1. The van der Waals surface area contributed by atoms with Crippen molar-refractivity contribution in [2.75, 3.05) is 33.4 Å². The fourth-order valence-corrected chi connectivity index (χ4v) is 5.31. The van der Waals surface area contributed by atoms with Crippen molar-refractivity contribution in [3.63, 3.8) is 0 Å². The van der Waals surface area contributed by atoms with Crippen LogP contribution in [0, 0.1) is 18.6 Å². The van der Waals surface area contributed by atoms with Crippen molar-refractivity contribution < 1.29 is 23.4 Å². The van der Waals surface area contributed by atoms with Crippen molar-refractivity contribution in [3.8, 4) is 16.9 Å². The number of benzene rings is 2. The number of methoxy groups -OCH3 is 1. The van der Waals surface area contributed by atoms with Crippen molar-refractivity contribution in [3.05, 3.63) is 89.4 Å². The van der Waals surface area contributed by atoms with Gasteiger partial charge in [0.2, 0.25) is 0 Å². The van der Waals surface area contributed by atoms with Gasteiger partial charge >= 0.3 is 0 Å². The van der Waals surface area contributed by atoms with Crippen LogP contribution in [-0.2, 0) is 16.6 Å². The van der Waals surface area contributed by atoms with Crippen LogP contribution in [0.3, 0.4) is 0 Å². The van der Waals surface area contributed by atoms with Gasteiger partial charge in [-0.3, -0.25) is 14.4 Å². The maximum atomic E-state index is 14.1. The van der Waals surface area contributed by atoms with E-state index in [0.717, 1.165) is 11.6 Å². The maximum Gasteiger partial charge on any atom is 0.255 e. The van der Waals surface area contributed by atoms with E-state index >= 15 is 0 Å². The molecular formula is C29H32F2N6O3. The Morgan fingerprint density at radius 1 is 1.18 bits per heavy atom. The third-order valence-corrected chi connectivity index (χ3v) is 7.36. The minimum atomic E-state index is -1.54. The normalized spacial score (nSPS) is 18.2. The molecule has 2 aromatic heterocycles. The zero-order valence-corrected chi connectivity index (χ0v) is 22.6. The highest BCUT2D eigenvalue weighted by molar-refractivity contribution is 5.83. The van der Waals surface area contributed by atoms with Gasteiger partial charge in [-0.1, -0.05) is 24.3 Å². The van der Waals surface area contributed by atoms with Crippen molar-refractivity contribution in [1.82, 2.24) is 29.8 Å². The first-order valence-electron chi connectivity index (χ1n) is 13.1. The zero-order chi connectivity index (χ0) is 28.4. The van der Waals surface area contributed by atoms with Crippen LogP contribution in [0.15, 0.2) is 60.9 Å². The van der Waals surface area contributed by atoms with E-state index in [2.05, 4.69) is 15.3 Å². The molecule has 0 radical (unpaired) electrons. The quantitative estimate of drug-likeness (QED) is 0.333. The minimum Gasteiger partial charge on any atom is -0.383 e. The second kappa shape index (κ2) is 11.7. The first-order chi connectivity index (χ1) is 19.3. The molecular weight excluding hydrogens is 518 g/mol. The number of aliphatic hydroxyl groups is 1. The number of nitrogens with zero attached hydrogens (tertiary/aromatic N) is 5. The fraction of sp³-hybridized carbons (Fsp3) is 0.345. The number of aromatic nitrogens is 4. The summed E-state index contributed by atoms with van der Waals surface area (Å²) in [5.41, 5.74) is 3.60. The summed E-state index contributed by atoms with van der Waals surface area (Å²) < 4.78 is 36.2. The lowest BCUT2D eigenvalue weighted by atomic mass is 9.93. The fourth-order valence-electron chi connectivity index (χ4n) is 5.31. The highest BCUT2D eigenvalue weighted by Crippen LogP contribution is 2.32. The van der Waals surface area contributed by atoms with Gasteiger partial charge in [0.05, 0.1) is 29.9 Å². The molecule has 1 fully saturated rings. The molecule has 2 N–H and O–H groups in total. The van der Waals surface area contributed by atoms with Crippen LogP contribution in [-0.4, -0.2) is 74.9 Å². The molecule has 210 valence electrons. The van der Waals surface area contributed by atoms with Gasteiger partial charge in [-0.15, -0.1) is 0 Å². The maximum absolute atomic E-state index is 14.1. The molecule has 0 spiro atoms. The number of likely N-dealkylation sites (tertiary alicyclic amines) is 1. The highest BCUT2D eigenvalue weighted by Gasteiger charge is 2.37. The third kappa shape index (κ3) is 5.53. The monoisotopic (exact) mass is 550 g/mol. The van der Waals surface area contributed by atoms with Gasteiger partial charge in [0, 0.05) is 63.1 Å². The number of nitrogens with one attached hydrogen (secondary N) is 1. The van der Waals surface area contributed by atoms with Crippen molar-refractivity contribution in [2.24, 2.45) is 7.05 Å². The molecule has 9 nitrogen and oxygen atoms in total. The standard InChI is InChI=1S/C29H32F2N6O3/c1-18-26(20-14-32-35(2)15-20)34-37(21-7-5-4-6-8-21)27(18)28(38)29(39)33-25-17-36(11-12-40-3)16-22(25)19-9-10-23(30)24(31)13-19/h4-10,13-15,22,25,28,38H,11-12,16-17H2,1-3H3,(H,33,39)/t22-,25+,28?/m0/s1. The average molecular weight is 551 g/mol. The Labute approximate surface area is 231 Å². The molecule has 0 aliphatic carbocycles. The van der Waals surface area contributed by atoms with E-state index in [1.165, 1.54) is 12.1 Å². The van der Waals surface area contributed by atoms with Gasteiger partial charge in [-0.05, 0) is 36.8 Å². The van der Waals surface area contributed by atoms with Crippen LogP contribution in [0.25, 0.3) is 16.9 Å². The number of aliphatic hydroxyl groups excluding tert-OH is 1. The summed E-state index contributed by atoms with van der Waals surface area (Å²) >= 11 is 0. The van der Waals surface area contributed by atoms with E-state index in [9.17, 15) is 18.7 Å². The molecule has 3 atom stereocenters. The predicted octanol–water partition coefficient (Wildman–Crippen LogP) is 3.12. The van der Waals surface area contributed by atoms with Crippen molar-refractivity contribution >= 4 is 5.91 Å². The molecule has 5 rings (SSSR count). The smallest absolute Gasteiger partial charge is 0.255 e. The van der Waals surface area contributed by atoms with Crippen LogP contribution in [0.5, 0.6) is 0 Å². The zero-order valence-electron chi connectivity index (χ0n) is 22.6. The number of hydrogen-bond donors (Lipinski definition) is 2. The van der Waals surface area contributed by atoms with Gasteiger partial charge in [0.25, 0.3) is 5.91 Å². The Bertz CT molecular complexity index is 1490. The number of para-hydroxylation sites is 1. The van der Waals surface area contributed by atoms with Gasteiger partial charge in [0.1, 0.15) is 0 Å². The first-order valence-corrected chi connectivity index (χ1v) is 13.1. The average Bonchev–Trinajstić information content (AvgIpc) is 3.65. The summed E-state index contributed by atoms with van der Waals surface area (Å²) in [5, 5.41) is 23.4. The lowest BCUT2D eigenvalue weighted by Gasteiger charge is -2.23. The predicted molar refractivity (Wildman–Crippen MR) is 145 cm³/mol. The van der Waals surface area contributed by atoms with Gasteiger partial charge in [0.15, 0.2) is 17.7 Å². The Morgan fingerprint density at radius 2 is 1.95 bits per heavy atom. The number of ether oxygens (including phenoxy) is 1. The second-order valence-corrected chi connectivity index (χ2v) is 10.1. The lowest BCUT2D eigenvalue weighted by molar-refractivity contribution is -0.130. The van der Waals surface area contributed by atoms with E-state index in [1.54, 1.807) is 29.7 Å². The molecule has 0 saturated carbocycles. The highest BCUT2D eigenvalue weighted by atomic mass is 19.2. The van der Waals surface area contributed by atoms with E-state index in [1.807, 2.05) is 43.5 Å². The van der Waals surface area contributed by atoms with Crippen LogP contribution in [0.4, 0.5) is 8.78 Å². The topological polar surface area (TPSA) is 97.4 Å². The minimum absolute atomic E-state index is 0.311. The number of halogens is 2. The molecule has 11 heteroatoms. The number of carbonyl (C=O) groups is 1. The van der Waals surface area contributed by atoms with Gasteiger partial charge in [-0.2, -0.15) is 10.2 Å². The van der Waals surface area contributed by atoms with E-state index < -0.39 is 29.7 Å². The molecule has 1 aliphatic rings. The van der Waals surface area contributed by atoms with Crippen LogP contribution < -0.4 is 5.32 Å². The number of rotatable bonds is 9. The van der Waals surface area contributed by atoms with Gasteiger partial charge in [-0.25, -0.2) is 13.5 Å². The lowest BCUT2D eigenvalue weighted by Crippen LogP contribution is -2.43. The summed E-state index contributed by atoms with van der Waals surface area (Å²) in [6, 6.07) is 12.6. The number of carbonyl (C=O) groups excluding carboxylic acids is 1. The number of aryl methyl sites for hydroxylation is 1. The van der Waals surface area contributed by atoms with E-state index in [-0.39, 0.29) is 5.92 Å². The summed E-state index contributed by atoms with van der Waals surface area (Å²) in [5.74, 6) is -2.79. The largest absolute Gasteiger partial charge is 0.383 e. The molecule has 1 amide bonds. The molecule has 40 heavy (non-hydrogen) atoms. The Balaban J connectivity index is 1.46. The van der Waals surface area contributed by atoms with Crippen LogP contribution >= 0.6 is 0 Å². The first kappa shape index (κ1) is 27.6. The molecule has 0 bridgehead atoms. The molecule has 2 aromatic carbocycles. The Kier molecular flexibility index (Phi) is 8.06. The SMILES string of the molecule is COCCN1C[C@@H](NC(=O)C(O)c2c(C)c(-c3cnn(C)c3)nn2-c2ccccc2)[C@H](c2ccc(F)c(F)c2)C1. The number of amides is 1. The number of hydrogen-bond acceptors (Lipinski definition) is 6. The van der Waals surface area contributed by atoms with E-state index in [0.29, 0.717) is 54.4 Å². The Morgan fingerprint density at radius 3 is 2.62 bits per heavy atom.